The molecule has 0 aromatic heterocycles. The Morgan fingerprint density at radius 3 is 2.79 bits per heavy atom. The highest BCUT2D eigenvalue weighted by molar-refractivity contribution is 5.72. The summed E-state index contributed by atoms with van der Waals surface area (Å²) in [5.41, 5.74) is 0. The van der Waals surface area contributed by atoms with E-state index in [0.717, 1.165) is 19.4 Å². The second kappa shape index (κ2) is 8.97. The van der Waals surface area contributed by atoms with E-state index in [4.69, 9.17) is 9.84 Å². The molecule has 0 saturated carbocycles. The van der Waals surface area contributed by atoms with Crippen LogP contribution in [-0.4, -0.2) is 37.4 Å². The van der Waals surface area contributed by atoms with Gasteiger partial charge in [-0.25, -0.2) is 0 Å². The van der Waals surface area contributed by atoms with Gasteiger partial charge < -0.3 is 15.2 Å². The van der Waals surface area contributed by atoms with Gasteiger partial charge in [-0.1, -0.05) is 6.92 Å². The number of nitrogens with one attached hydrogen (secondary N) is 1. The van der Waals surface area contributed by atoms with Gasteiger partial charge in [0.15, 0.2) is 0 Å². The van der Waals surface area contributed by atoms with Gasteiger partial charge in [-0.15, -0.1) is 0 Å². The van der Waals surface area contributed by atoms with Crippen molar-refractivity contribution in [2.45, 2.75) is 26.7 Å². The van der Waals surface area contributed by atoms with Crippen molar-refractivity contribution in [3.8, 4) is 0 Å². The smallest absolute Gasteiger partial charge is 0.309 e. The van der Waals surface area contributed by atoms with Crippen LogP contribution in [0.5, 0.6) is 0 Å². The molecule has 14 heavy (non-hydrogen) atoms. The van der Waals surface area contributed by atoms with Crippen LogP contribution < -0.4 is 5.32 Å². The maximum Gasteiger partial charge on any atom is 0.309 e. The lowest BCUT2D eigenvalue weighted by atomic mass is 10.2. The maximum absolute atomic E-state index is 11.2. The maximum atomic E-state index is 11.2. The normalized spacial score (nSPS) is 12.5. The molecule has 0 radical (unpaired) electrons. The van der Waals surface area contributed by atoms with Crippen LogP contribution in [0, 0.1) is 5.92 Å². The Morgan fingerprint density at radius 1 is 1.50 bits per heavy atom. The molecule has 0 aliphatic carbocycles. The molecule has 0 amide bonds. The minimum atomic E-state index is -0.151. The van der Waals surface area contributed by atoms with E-state index in [1.165, 1.54) is 0 Å². The summed E-state index contributed by atoms with van der Waals surface area (Å²) in [6, 6.07) is 0. The zero-order valence-corrected chi connectivity index (χ0v) is 9.08. The highest BCUT2D eigenvalue weighted by Gasteiger charge is 2.12. The molecule has 0 fully saturated rings. The molecule has 0 heterocycles. The van der Waals surface area contributed by atoms with Gasteiger partial charge in [0.05, 0.1) is 12.5 Å². The third-order valence-electron chi connectivity index (χ3n) is 1.90. The first-order chi connectivity index (χ1) is 6.72. The molecule has 0 aromatic rings. The number of hydrogen-bond donors (Lipinski definition) is 2. The number of ether oxygens (including phenoxy) is 1. The highest BCUT2D eigenvalue weighted by atomic mass is 16.5. The number of carbonyl (C=O) groups is 1. The molecule has 0 spiro atoms. The second-order valence-corrected chi connectivity index (χ2v) is 3.29. The second-order valence-electron chi connectivity index (χ2n) is 3.29. The molecule has 0 saturated heterocycles. The largest absolute Gasteiger partial charge is 0.466 e. The lowest BCUT2D eigenvalue weighted by Gasteiger charge is -2.11. The van der Waals surface area contributed by atoms with Crippen LogP contribution in [0.4, 0.5) is 0 Å². The zero-order valence-electron chi connectivity index (χ0n) is 9.08. The van der Waals surface area contributed by atoms with Crippen molar-refractivity contribution in [1.29, 1.82) is 0 Å². The Kier molecular flexibility index (Phi) is 8.57. The van der Waals surface area contributed by atoms with Gasteiger partial charge in [-0.05, 0) is 26.3 Å². The Bertz CT molecular complexity index is 150. The molecule has 4 nitrogen and oxygen atoms in total. The van der Waals surface area contributed by atoms with Crippen molar-refractivity contribution in [2.24, 2.45) is 5.92 Å². The molecule has 2 N–H and O–H groups in total. The van der Waals surface area contributed by atoms with E-state index in [2.05, 4.69) is 5.32 Å². The van der Waals surface area contributed by atoms with Crippen molar-refractivity contribution in [3.05, 3.63) is 0 Å². The highest BCUT2D eigenvalue weighted by Crippen LogP contribution is 1.96. The predicted molar refractivity (Wildman–Crippen MR) is 55.0 cm³/mol. The van der Waals surface area contributed by atoms with Crippen LogP contribution in [0.25, 0.3) is 0 Å². The SMILES string of the molecule is CCOC(=O)C(C)CNCCCCO. The summed E-state index contributed by atoms with van der Waals surface area (Å²) in [6.07, 6.45) is 1.74. The summed E-state index contributed by atoms with van der Waals surface area (Å²) < 4.78 is 4.86. The predicted octanol–water partition coefficient (Wildman–Crippen LogP) is 0.548. The summed E-state index contributed by atoms with van der Waals surface area (Å²) in [4.78, 5) is 11.2. The Balaban J connectivity index is 3.34. The summed E-state index contributed by atoms with van der Waals surface area (Å²) in [6.45, 7) is 5.80. The van der Waals surface area contributed by atoms with E-state index in [0.29, 0.717) is 13.2 Å². The van der Waals surface area contributed by atoms with E-state index in [1.54, 1.807) is 6.92 Å². The quantitative estimate of drug-likeness (QED) is 0.447. The number of carbonyl (C=O) groups excluding carboxylic acids is 1. The molecule has 1 unspecified atom stereocenters. The van der Waals surface area contributed by atoms with Gasteiger partial charge in [0.25, 0.3) is 0 Å². The zero-order chi connectivity index (χ0) is 10.8. The minimum Gasteiger partial charge on any atom is -0.466 e. The van der Waals surface area contributed by atoms with E-state index in [-0.39, 0.29) is 18.5 Å². The molecular formula is C10H21NO3. The van der Waals surface area contributed by atoms with Crippen LogP contribution in [0.3, 0.4) is 0 Å². The van der Waals surface area contributed by atoms with E-state index < -0.39 is 0 Å². The molecule has 4 heteroatoms. The van der Waals surface area contributed by atoms with Crippen molar-refractivity contribution in [1.82, 2.24) is 5.32 Å². The van der Waals surface area contributed by atoms with Gasteiger partial charge in [0, 0.05) is 13.2 Å². The molecule has 0 aliphatic rings. The number of hydrogen-bond acceptors (Lipinski definition) is 4. The van der Waals surface area contributed by atoms with Gasteiger partial charge >= 0.3 is 5.97 Å². The average Bonchev–Trinajstić information content (AvgIpc) is 2.17. The average molecular weight is 203 g/mol. The van der Waals surface area contributed by atoms with Crippen molar-refractivity contribution in [3.63, 3.8) is 0 Å². The number of unbranched alkanes of at least 4 members (excludes halogenated alkanes) is 1. The van der Waals surface area contributed by atoms with Gasteiger partial charge in [0.1, 0.15) is 0 Å². The van der Waals surface area contributed by atoms with Crippen LogP contribution in [0.2, 0.25) is 0 Å². The topological polar surface area (TPSA) is 58.6 Å². The first kappa shape index (κ1) is 13.4. The Hall–Kier alpha value is -0.610. The summed E-state index contributed by atoms with van der Waals surface area (Å²) in [5.74, 6) is -0.244. The third kappa shape index (κ3) is 6.86. The van der Waals surface area contributed by atoms with E-state index in [9.17, 15) is 4.79 Å². The third-order valence-corrected chi connectivity index (χ3v) is 1.90. The molecular weight excluding hydrogens is 182 g/mol. The number of rotatable bonds is 8. The number of aliphatic hydroxyl groups is 1. The fraction of sp³-hybridized carbons (Fsp3) is 0.900. The molecule has 0 bridgehead atoms. The summed E-state index contributed by atoms with van der Waals surface area (Å²) in [5, 5.41) is 11.7. The van der Waals surface area contributed by atoms with Crippen LogP contribution >= 0.6 is 0 Å². The van der Waals surface area contributed by atoms with Gasteiger partial charge in [0.2, 0.25) is 0 Å². The summed E-state index contributed by atoms with van der Waals surface area (Å²) in [7, 11) is 0. The number of esters is 1. The summed E-state index contributed by atoms with van der Waals surface area (Å²) >= 11 is 0. The van der Waals surface area contributed by atoms with E-state index >= 15 is 0 Å². The fourth-order valence-corrected chi connectivity index (χ4v) is 1.05. The van der Waals surface area contributed by atoms with Crippen molar-refractivity contribution in [2.75, 3.05) is 26.3 Å². The van der Waals surface area contributed by atoms with Crippen molar-refractivity contribution >= 4 is 5.97 Å². The standard InChI is InChI=1S/C10H21NO3/c1-3-14-10(13)9(2)8-11-6-4-5-7-12/h9,11-12H,3-8H2,1-2H3. The lowest BCUT2D eigenvalue weighted by molar-refractivity contribution is -0.147. The molecule has 84 valence electrons. The number of aliphatic hydroxyl groups excluding tert-OH is 1. The first-order valence-electron chi connectivity index (χ1n) is 5.20. The van der Waals surface area contributed by atoms with Gasteiger partial charge in [-0.2, -0.15) is 0 Å². The Morgan fingerprint density at radius 2 is 2.21 bits per heavy atom. The monoisotopic (exact) mass is 203 g/mol. The molecule has 0 aromatic carbocycles. The van der Waals surface area contributed by atoms with E-state index in [1.807, 2.05) is 6.92 Å². The van der Waals surface area contributed by atoms with Crippen molar-refractivity contribution < 1.29 is 14.6 Å². The lowest BCUT2D eigenvalue weighted by Crippen LogP contribution is -2.28. The molecule has 0 aliphatic heterocycles. The first-order valence-corrected chi connectivity index (χ1v) is 5.20. The Labute approximate surface area is 85.6 Å². The van der Waals surface area contributed by atoms with Gasteiger partial charge in [-0.3, -0.25) is 4.79 Å². The van der Waals surface area contributed by atoms with Crippen LogP contribution in [-0.2, 0) is 9.53 Å². The fourth-order valence-electron chi connectivity index (χ4n) is 1.05. The molecule has 0 rings (SSSR count). The van der Waals surface area contributed by atoms with Crippen LogP contribution in [0.1, 0.15) is 26.7 Å². The minimum absolute atomic E-state index is 0.0934. The van der Waals surface area contributed by atoms with Crippen LogP contribution in [0.15, 0.2) is 0 Å². The molecule has 1 atom stereocenters.